The van der Waals surface area contributed by atoms with E-state index in [4.69, 9.17) is 28.6 Å². The van der Waals surface area contributed by atoms with E-state index in [9.17, 15) is 9.59 Å². The van der Waals surface area contributed by atoms with Crippen molar-refractivity contribution in [2.45, 2.75) is 6.54 Å². The van der Waals surface area contributed by atoms with Gasteiger partial charge in [-0.1, -0.05) is 90.2 Å². The van der Waals surface area contributed by atoms with Gasteiger partial charge in [0, 0.05) is 0 Å². The van der Waals surface area contributed by atoms with E-state index in [1.807, 2.05) is 30.3 Å². The van der Waals surface area contributed by atoms with Crippen molar-refractivity contribution < 1.29 is 14.3 Å². The summed E-state index contributed by atoms with van der Waals surface area (Å²) in [7, 11) is 0. The second-order valence-corrected chi connectivity index (χ2v) is 8.77. The highest BCUT2D eigenvalue weighted by atomic mass is 35.5. The molecule has 0 atom stereocenters. The molecule has 0 aliphatic carbocycles. The molecule has 0 unspecified atom stereocenters. The number of nitrogens with zero attached hydrogens (tertiary/aromatic N) is 1. The fourth-order valence-corrected chi connectivity index (χ4v) is 4.44. The van der Waals surface area contributed by atoms with Crippen molar-refractivity contribution in [3.63, 3.8) is 0 Å². The highest BCUT2D eigenvalue weighted by Crippen LogP contribution is 2.33. The number of benzene rings is 3. The average Bonchev–Trinajstić information content (AvgIpc) is 3.03. The highest BCUT2D eigenvalue weighted by Gasteiger charge is 2.31. The smallest absolute Gasteiger partial charge is 0.345 e. The van der Waals surface area contributed by atoms with Gasteiger partial charge in [-0.3, -0.25) is 9.69 Å². The zero-order chi connectivity index (χ0) is 21.8. The maximum Gasteiger partial charge on any atom is 0.345 e. The van der Waals surface area contributed by atoms with E-state index in [1.165, 1.54) is 11.8 Å². The molecule has 0 radical (unpaired) electrons. The van der Waals surface area contributed by atoms with Gasteiger partial charge < -0.3 is 4.74 Å². The first-order valence-electron chi connectivity index (χ1n) is 9.37. The molecule has 31 heavy (non-hydrogen) atoms. The van der Waals surface area contributed by atoms with Gasteiger partial charge >= 0.3 is 5.97 Å². The van der Waals surface area contributed by atoms with Crippen molar-refractivity contribution in [3.05, 3.63) is 105 Å². The molecule has 0 saturated carbocycles. The van der Waals surface area contributed by atoms with Crippen LogP contribution in [0.1, 0.15) is 21.5 Å². The number of thioether (sulfide) groups is 1. The van der Waals surface area contributed by atoms with Crippen LogP contribution in [0.3, 0.4) is 0 Å². The highest BCUT2D eigenvalue weighted by molar-refractivity contribution is 8.26. The molecule has 3 aromatic rings. The standard InChI is InChI=1S/C24H16ClNO3S2/c25-20-9-5-4-8-19(20)23(28)29-18-12-10-16(11-13-18)14-21-22(27)26(24(30)31-21)15-17-6-2-1-3-7-17/h1-14H,15H2/b21-14-. The lowest BCUT2D eigenvalue weighted by atomic mass is 10.2. The molecule has 1 aliphatic rings. The Morgan fingerprint density at radius 1 is 1.00 bits per heavy atom. The quantitative estimate of drug-likeness (QED) is 0.201. The van der Waals surface area contributed by atoms with Crippen LogP contribution in [-0.4, -0.2) is 21.1 Å². The molecule has 1 amide bonds. The summed E-state index contributed by atoms with van der Waals surface area (Å²) in [6, 6.07) is 23.3. The van der Waals surface area contributed by atoms with Gasteiger partial charge in [-0.25, -0.2) is 4.79 Å². The van der Waals surface area contributed by atoms with Gasteiger partial charge in [0.05, 0.1) is 22.0 Å². The number of hydrogen-bond donors (Lipinski definition) is 0. The van der Waals surface area contributed by atoms with Crippen molar-refractivity contribution in [1.29, 1.82) is 0 Å². The van der Waals surface area contributed by atoms with Gasteiger partial charge in [0.25, 0.3) is 5.91 Å². The summed E-state index contributed by atoms with van der Waals surface area (Å²) >= 11 is 12.7. The predicted octanol–water partition coefficient (Wildman–Crippen LogP) is 5.96. The average molecular weight is 466 g/mol. The molecule has 7 heteroatoms. The minimum absolute atomic E-state index is 0.118. The van der Waals surface area contributed by atoms with E-state index in [2.05, 4.69) is 0 Å². The summed E-state index contributed by atoms with van der Waals surface area (Å²) in [5.74, 6) is -0.257. The van der Waals surface area contributed by atoms with Crippen molar-refractivity contribution in [3.8, 4) is 5.75 Å². The summed E-state index contributed by atoms with van der Waals surface area (Å²) < 4.78 is 5.92. The topological polar surface area (TPSA) is 46.6 Å². The van der Waals surface area contributed by atoms with Crippen LogP contribution in [0.4, 0.5) is 0 Å². The molecular formula is C24H16ClNO3S2. The molecule has 0 bridgehead atoms. The zero-order valence-electron chi connectivity index (χ0n) is 16.2. The van der Waals surface area contributed by atoms with Crippen LogP contribution in [0.15, 0.2) is 83.8 Å². The maximum absolute atomic E-state index is 12.8. The molecule has 1 saturated heterocycles. The summed E-state index contributed by atoms with van der Waals surface area (Å²) in [5, 5.41) is 0.335. The molecule has 0 spiro atoms. The Balaban J connectivity index is 1.44. The molecule has 1 aliphatic heterocycles. The first-order chi connectivity index (χ1) is 15.0. The number of halogens is 1. The van der Waals surface area contributed by atoms with Crippen LogP contribution in [0.2, 0.25) is 5.02 Å². The Bertz CT molecular complexity index is 1180. The molecular weight excluding hydrogens is 450 g/mol. The normalized spacial score (nSPS) is 14.9. The van der Waals surface area contributed by atoms with E-state index in [1.54, 1.807) is 59.5 Å². The van der Waals surface area contributed by atoms with Crippen molar-refractivity contribution in [2.24, 2.45) is 0 Å². The fraction of sp³-hybridized carbons (Fsp3) is 0.0417. The van der Waals surface area contributed by atoms with E-state index < -0.39 is 5.97 Å². The lowest BCUT2D eigenvalue weighted by Crippen LogP contribution is -2.27. The summed E-state index contributed by atoms with van der Waals surface area (Å²) in [6.07, 6.45) is 1.78. The third kappa shape index (κ3) is 5.05. The van der Waals surface area contributed by atoms with E-state index in [0.717, 1.165) is 11.1 Å². The molecule has 154 valence electrons. The molecule has 0 N–H and O–H groups in total. The van der Waals surface area contributed by atoms with Crippen LogP contribution in [0.25, 0.3) is 6.08 Å². The number of carbonyl (C=O) groups is 2. The number of esters is 1. The lowest BCUT2D eigenvalue weighted by molar-refractivity contribution is -0.122. The molecule has 1 fully saturated rings. The van der Waals surface area contributed by atoms with Crippen LogP contribution in [0, 0.1) is 0 Å². The molecule has 4 nitrogen and oxygen atoms in total. The third-order valence-corrected chi connectivity index (χ3v) is 6.25. The Morgan fingerprint density at radius 3 is 2.39 bits per heavy atom. The number of carbonyl (C=O) groups excluding carboxylic acids is 2. The molecule has 4 rings (SSSR count). The van der Waals surface area contributed by atoms with E-state index in [-0.39, 0.29) is 5.91 Å². The van der Waals surface area contributed by atoms with Gasteiger partial charge in [-0.15, -0.1) is 0 Å². The van der Waals surface area contributed by atoms with Crippen molar-refractivity contribution in [1.82, 2.24) is 4.90 Å². The van der Waals surface area contributed by atoms with Crippen molar-refractivity contribution >= 4 is 57.9 Å². The first-order valence-corrected chi connectivity index (χ1v) is 11.0. The Kier molecular flexibility index (Phi) is 6.51. The Hall–Kier alpha value is -2.93. The SMILES string of the molecule is O=C(Oc1ccc(/C=C2\SC(=S)N(Cc3ccccc3)C2=O)cc1)c1ccccc1Cl. The fourth-order valence-electron chi connectivity index (χ4n) is 2.97. The number of thiocarbonyl (C=S) groups is 1. The lowest BCUT2D eigenvalue weighted by Gasteiger charge is -2.14. The second-order valence-electron chi connectivity index (χ2n) is 6.69. The van der Waals surface area contributed by atoms with Crippen LogP contribution >= 0.6 is 35.6 Å². The molecule has 3 aromatic carbocycles. The number of hydrogen-bond acceptors (Lipinski definition) is 5. The Morgan fingerprint density at radius 2 is 1.68 bits per heavy atom. The first kappa shape index (κ1) is 21.3. The van der Waals surface area contributed by atoms with Crippen molar-refractivity contribution in [2.75, 3.05) is 0 Å². The molecule has 1 heterocycles. The Labute approximate surface area is 194 Å². The van der Waals surface area contributed by atoms with Crippen LogP contribution in [0.5, 0.6) is 5.75 Å². The maximum atomic E-state index is 12.8. The van der Waals surface area contributed by atoms with E-state index >= 15 is 0 Å². The second kappa shape index (κ2) is 9.47. The summed E-state index contributed by atoms with van der Waals surface area (Å²) in [5.41, 5.74) is 2.12. The van der Waals surface area contributed by atoms with Gasteiger partial charge in [0.2, 0.25) is 0 Å². The zero-order valence-corrected chi connectivity index (χ0v) is 18.5. The monoisotopic (exact) mass is 465 g/mol. The summed E-state index contributed by atoms with van der Waals surface area (Å²) in [4.78, 5) is 27.2. The number of rotatable bonds is 5. The minimum atomic E-state index is -0.528. The third-order valence-electron chi connectivity index (χ3n) is 4.54. The van der Waals surface area contributed by atoms with Gasteiger partial charge in [-0.2, -0.15) is 0 Å². The van der Waals surface area contributed by atoms with Gasteiger partial charge in [-0.05, 0) is 41.5 Å². The van der Waals surface area contributed by atoms with Gasteiger partial charge in [0.1, 0.15) is 10.1 Å². The predicted molar refractivity (Wildman–Crippen MR) is 128 cm³/mol. The largest absolute Gasteiger partial charge is 0.423 e. The van der Waals surface area contributed by atoms with E-state index in [0.29, 0.717) is 32.1 Å². The van der Waals surface area contributed by atoms with Gasteiger partial charge in [0.15, 0.2) is 0 Å². The minimum Gasteiger partial charge on any atom is -0.423 e. The van der Waals surface area contributed by atoms with Crippen LogP contribution < -0.4 is 4.74 Å². The number of amides is 1. The molecule has 0 aromatic heterocycles. The number of ether oxygens (including phenoxy) is 1. The van der Waals surface area contributed by atoms with Crippen LogP contribution in [-0.2, 0) is 11.3 Å². The summed E-state index contributed by atoms with van der Waals surface area (Å²) in [6.45, 7) is 0.444.